The Bertz CT molecular complexity index is 735. The molecule has 120 valence electrons. The number of anilines is 1. The first-order chi connectivity index (χ1) is 10.9. The molecule has 2 rings (SSSR count). The Balaban J connectivity index is 2.00. The summed E-state index contributed by atoms with van der Waals surface area (Å²) < 4.78 is 0. The Morgan fingerprint density at radius 3 is 2.48 bits per heavy atom. The zero-order valence-corrected chi connectivity index (χ0v) is 14.1. The lowest BCUT2D eigenvalue weighted by Gasteiger charge is -2.13. The first-order valence-corrected chi connectivity index (χ1v) is 8.10. The monoisotopic (exact) mass is 350 g/mol. The first kappa shape index (κ1) is 17.3. The van der Waals surface area contributed by atoms with Crippen LogP contribution in [0, 0.1) is 17.0 Å². The van der Waals surface area contributed by atoms with E-state index in [0.717, 1.165) is 10.5 Å². The second-order valence-electron chi connectivity index (χ2n) is 4.98. The molecule has 23 heavy (non-hydrogen) atoms. The van der Waals surface area contributed by atoms with Crippen molar-refractivity contribution in [2.75, 3.05) is 5.32 Å². The molecule has 0 unspecified atom stereocenters. The molecule has 0 heterocycles. The van der Waals surface area contributed by atoms with Crippen LogP contribution in [0.1, 0.15) is 12.5 Å². The Morgan fingerprint density at radius 1 is 1.26 bits per heavy atom. The molecule has 0 aliphatic rings. The molecule has 2 aromatic carbocycles. The Kier molecular flexibility index (Phi) is 5.63. The smallest absolute Gasteiger partial charge is 0.269 e. The van der Waals surface area contributed by atoms with Crippen molar-refractivity contribution in [2.24, 2.45) is 0 Å². The summed E-state index contributed by atoms with van der Waals surface area (Å²) in [6.45, 7) is 3.69. The highest BCUT2D eigenvalue weighted by Crippen LogP contribution is 2.28. The number of non-ortho nitro benzene ring substituents is 1. The molecule has 0 saturated carbocycles. The number of nitrogens with one attached hydrogen (secondary N) is 1. The number of hydrogen-bond acceptors (Lipinski definition) is 4. The largest absolute Gasteiger partial charge is 0.324 e. The molecule has 1 amide bonds. The third-order valence-corrected chi connectivity index (χ3v) is 4.54. The van der Waals surface area contributed by atoms with E-state index in [1.54, 1.807) is 31.2 Å². The summed E-state index contributed by atoms with van der Waals surface area (Å²) in [6, 6.07) is 11.5. The van der Waals surface area contributed by atoms with Gasteiger partial charge in [-0.15, -0.1) is 11.8 Å². The van der Waals surface area contributed by atoms with Gasteiger partial charge in [0.25, 0.3) is 5.69 Å². The van der Waals surface area contributed by atoms with Crippen LogP contribution < -0.4 is 5.32 Å². The molecule has 0 radical (unpaired) electrons. The molecular weight excluding hydrogens is 336 g/mol. The minimum Gasteiger partial charge on any atom is -0.324 e. The highest BCUT2D eigenvalue weighted by atomic mass is 35.5. The standard InChI is InChI=1S/C16H15ClN2O3S/c1-10-3-8-15(14(17)9-10)18-16(20)11(2)23-13-6-4-12(5-7-13)19(21)22/h3-9,11H,1-2H3,(H,18,20)/t11-/m0/s1. The highest BCUT2D eigenvalue weighted by molar-refractivity contribution is 8.00. The average Bonchev–Trinajstić information content (AvgIpc) is 2.50. The van der Waals surface area contributed by atoms with Gasteiger partial charge in [0, 0.05) is 17.0 Å². The van der Waals surface area contributed by atoms with Crippen LogP contribution in [0.4, 0.5) is 11.4 Å². The van der Waals surface area contributed by atoms with E-state index in [1.807, 2.05) is 13.0 Å². The van der Waals surface area contributed by atoms with Crippen molar-refractivity contribution >= 4 is 40.6 Å². The summed E-state index contributed by atoms with van der Waals surface area (Å²) in [6.07, 6.45) is 0. The van der Waals surface area contributed by atoms with Crippen molar-refractivity contribution in [1.29, 1.82) is 0 Å². The van der Waals surface area contributed by atoms with Gasteiger partial charge in [0.05, 0.1) is 20.9 Å². The maximum atomic E-state index is 12.2. The third-order valence-electron chi connectivity index (χ3n) is 3.11. The van der Waals surface area contributed by atoms with Crippen LogP contribution in [0.2, 0.25) is 5.02 Å². The van der Waals surface area contributed by atoms with Gasteiger partial charge >= 0.3 is 0 Å². The van der Waals surface area contributed by atoms with Crippen molar-refractivity contribution < 1.29 is 9.72 Å². The van der Waals surface area contributed by atoms with Crippen molar-refractivity contribution in [3.8, 4) is 0 Å². The van der Waals surface area contributed by atoms with Gasteiger partial charge in [-0.25, -0.2) is 0 Å². The molecule has 0 fully saturated rings. The van der Waals surface area contributed by atoms with Crippen LogP contribution in [-0.2, 0) is 4.79 Å². The predicted octanol–water partition coefficient (Wildman–Crippen LogP) is 4.68. The molecule has 1 atom stereocenters. The number of aryl methyl sites for hydroxylation is 1. The van der Waals surface area contributed by atoms with Crippen molar-refractivity contribution in [2.45, 2.75) is 24.0 Å². The van der Waals surface area contributed by atoms with Gasteiger partial charge in [0.15, 0.2) is 0 Å². The van der Waals surface area contributed by atoms with Gasteiger partial charge in [-0.3, -0.25) is 14.9 Å². The van der Waals surface area contributed by atoms with Gasteiger partial charge in [0.2, 0.25) is 5.91 Å². The number of nitrogens with zero attached hydrogens (tertiary/aromatic N) is 1. The summed E-state index contributed by atoms with van der Waals surface area (Å²) in [5, 5.41) is 13.5. The molecule has 0 spiro atoms. The quantitative estimate of drug-likeness (QED) is 0.483. The van der Waals surface area contributed by atoms with E-state index >= 15 is 0 Å². The number of rotatable bonds is 5. The number of nitro benzene ring substituents is 1. The molecule has 2 aromatic rings. The lowest BCUT2D eigenvalue weighted by atomic mass is 10.2. The summed E-state index contributed by atoms with van der Waals surface area (Å²) in [4.78, 5) is 23.2. The number of thioether (sulfide) groups is 1. The summed E-state index contributed by atoms with van der Waals surface area (Å²) >= 11 is 7.42. The van der Waals surface area contributed by atoms with Gasteiger partial charge in [-0.05, 0) is 43.7 Å². The molecule has 0 bridgehead atoms. The maximum Gasteiger partial charge on any atom is 0.269 e. The zero-order chi connectivity index (χ0) is 17.0. The van der Waals surface area contributed by atoms with E-state index in [9.17, 15) is 14.9 Å². The van der Waals surface area contributed by atoms with Crippen LogP contribution in [0.5, 0.6) is 0 Å². The highest BCUT2D eigenvalue weighted by Gasteiger charge is 2.16. The second-order valence-corrected chi connectivity index (χ2v) is 6.81. The number of carbonyl (C=O) groups excluding carboxylic acids is 1. The average molecular weight is 351 g/mol. The summed E-state index contributed by atoms with van der Waals surface area (Å²) in [7, 11) is 0. The molecule has 0 aliphatic carbocycles. The molecule has 0 aliphatic heterocycles. The fourth-order valence-electron chi connectivity index (χ4n) is 1.86. The Morgan fingerprint density at radius 2 is 1.91 bits per heavy atom. The lowest BCUT2D eigenvalue weighted by Crippen LogP contribution is -2.22. The van der Waals surface area contributed by atoms with Crippen molar-refractivity contribution in [1.82, 2.24) is 0 Å². The second kappa shape index (κ2) is 7.48. The molecule has 1 N–H and O–H groups in total. The van der Waals surface area contributed by atoms with E-state index in [4.69, 9.17) is 11.6 Å². The molecule has 0 saturated heterocycles. The van der Waals surface area contributed by atoms with Crippen molar-refractivity contribution in [3.05, 3.63) is 63.2 Å². The van der Waals surface area contributed by atoms with E-state index in [-0.39, 0.29) is 16.8 Å². The number of carbonyl (C=O) groups is 1. The number of amides is 1. The van der Waals surface area contributed by atoms with Gasteiger partial charge in [-0.1, -0.05) is 17.7 Å². The Labute approximate surface area is 143 Å². The van der Waals surface area contributed by atoms with E-state index in [2.05, 4.69) is 5.32 Å². The fourth-order valence-corrected chi connectivity index (χ4v) is 3.01. The minimum atomic E-state index is -0.454. The zero-order valence-electron chi connectivity index (χ0n) is 12.6. The van der Waals surface area contributed by atoms with Crippen molar-refractivity contribution in [3.63, 3.8) is 0 Å². The number of halogens is 1. The third kappa shape index (κ3) is 4.71. The number of hydrogen-bond donors (Lipinski definition) is 1. The molecule has 0 aromatic heterocycles. The van der Waals surface area contributed by atoms with Gasteiger partial charge in [0.1, 0.15) is 0 Å². The van der Waals surface area contributed by atoms with E-state index in [1.165, 1.54) is 23.9 Å². The maximum absolute atomic E-state index is 12.2. The van der Waals surface area contributed by atoms with Crippen LogP contribution in [0.25, 0.3) is 0 Å². The van der Waals surface area contributed by atoms with Crippen LogP contribution in [0.15, 0.2) is 47.4 Å². The van der Waals surface area contributed by atoms with Gasteiger partial charge in [-0.2, -0.15) is 0 Å². The molecular formula is C16H15ClN2O3S. The minimum absolute atomic E-state index is 0.0258. The summed E-state index contributed by atoms with van der Waals surface area (Å²) in [5.74, 6) is -0.181. The first-order valence-electron chi connectivity index (χ1n) is 6.85. The number of benzene rings is 2. The summed E-state index contributed by atoms with van der Waals surface area (Å²) in [5.41, 5.74) is 1.61. The Hall–Kier alpha value is -2.05. The van der Waals surface area contributed by atoms with E-state index in [0.29, 0.717) is 10.7 Å². The SMILES string of the molecule is Cc1ccc(NC(=O)[C@H](C)Sc2ccc([N+](=O)[O-])cc2)c(Cl)c1. The molecule has 7 heteroatoms. The topological polar surface area (TPSA) is 72.2 Å². The van der Waals surface area contributed by atoms with Crippen LogP contribution >= 0.6 is 23.4 Å². The van der Waals surface area contributed by atoms with Crippen LogP contribution in [-0.4, -0.2) is 16.1 Å². The van der Waals surface area contributed by atoms with Crippen LogP contribution in [0.3, 0.4) is 0 Å². The lowest BCUT2D eigenvalue weighted by molar-refractivity contribution is -0.384. The normalized spacial score (nSPS) is 11.8. The van der Waals surface area contributed by atoms with E-state index < -0.39 is 4.92 Å². The number of nitro groups is 1. The fraction of sp³-hybridized carbons (Fsp3) is 0.188. The predicted molar refractivity (Wildman–Crippen MR) is 93.2 cm³/mol. The molecule has 5 nitrogen and oxygen atoms in total. The van der Waals surface area contributed by atoms with Gasteiger partial charge < -0.3 is 5.32 Å².